The Labute approximate surface area is 128 Å². The molecule has 1 aromatic carbocycles. The van der Waals surface area contributed by atoms with Gasteiger partial charge in [0.15, 0.2) is 0 Å². The van der Waals surface area contributed by atoms with Gasteiger partial charge in [-0.05, 0) is 18.6 Å². The molecule has 0 bridgehead atoms. The summed E-state index contributed by atoms with van der Waals surface area (Å²) in [7, 11) is 1.97. The van der Waals surface area contributed by atoms with Gasteiger partial charge in [-0.1, -0.05) is 12.1 Å². The molecule has 0 aliphatic rings. The molecule has 0 radical (unpaired) electrons. The zero-order chi connectivity index (χ0) is 16.2. The number of rotatable bonds is 7. The first-order chi connectivity index (χ1) is 10.6. The third kappa shape index (κ3) is 3.19. The second kappa shape index (κ2) is 7.01. The quantitative estimate of drug-likeness (QED) is 0.767. The summed E-state index contributed by atoms with van der Waals surface area (Å²) in [6, 6.07) is 7.32. The van der Waals surface area contributed by atoms with Gasteiger partial charge in [0, 0.05) is 33.9 Å². The fraction of sp³-hybridized carbons (Fsp3) is 0.429. The first-order valence-electron chi connectivity index (χ1n) is 6.94. The molecule has 0 aliphatic carbocycles. The molecule has 1 N–H and O–H groups in total. The van der Waals surface area contributed by atoms with Crippen molar-refractivity contribution in [3.05, 3.63) is 45.0 Å². The third-order valence-corrected chi connectivity index (χ3v) is 6.51. The smallest absolute Gasteiger partial charge is 0.377 e. The van der Waals surface area contributed by atoms with E-state index in [0.717, 1.165) is 0 Å². The summed E-state index contributed by atoms with van der Waals surface area (Å²) >= 11 is 0. The first kappa shape index (κ1) is 16.6. The van der Waals surface area contributed by atoms with Crippen LogP contribution in [0.5, 0.6) is 0 Å². The number of hydrogen-bond acceptors (Lipinski definition) is 5. The van der Waals surface area contributed by atoms with E-state index in [4.69, 9.17) is 13.3 Å². The number of nitrogens with zero attached hydrogens (tertiary/aromatic N) is 1. The molecule has 1 heterocycles. The summed E-state index contributed by atoms with van der Waals surface area (Å²) < 4.78 is 17.3. The van der Waals surface area contributed by atoms with E-state index in [0.29, 0.717) is 29.8 Å². The molecule has 0 fully saturated rings. The second-order valence-corrected chi connectivity index (χ2v) is 7.93. The van der Waals surface area contributed by atoms with Crippen LogP contribution in [0.4, 0.5) is 0 Å². The van der Waals surface area contributed by atoms with E-state index in [2.05, 4.69) is 5.10 Å². The van der Waals surface area contributed by atoms with E-state index in [1.54, 1.807) is 45.6 Å². The maximum Gasteiger partial charge on any atom is 0.500 e. The number of aromatic nitrogens is 2. The predicted octanol–water partition coefficient (Wildman–Crippen LogP) is 0.958. The van der Waals surface area contributed by atoms with Crippen LogP contribution >= 0.6 is 0 Å². The van der Waals surface area contributed by atoms with Crippen LogP contribution in [0.15, 0.2) is 33.9 Å². The molecule has 0 unspecified atom stereocenters. The van der Waals surface area contributed by atoms with Gasteiger partial charge in [0.2, 0.25) is 0 Å². The Balaban J connectivity index is 2.21. The molecule has 1 aromatic heterocycles. The highest BCUT2D eigenvalue weighted by molar-refractivity contribution is 6.60. The van der Waals surface area contributed by atoms with Crippen LogP contribution in [-0.2, 0) is 19.8 Å². The maximum atomic E-state index is 12.4. The molecule has 7 nitrogen and oxygen atoms in total. The minimum Gasteiger partial charge on any atom is -0.377 e. The number of nitrogens with one attached hydrogen (secondary N) is 1. The van der Waals surface area contributed by atoms with Crippen molar-refractivity contribution in [2.24, 2.45) is 0 Å². The van der Waals surface area contributed by atoms with Crippen LogP contribution in [-0.4, -0.2) is 39.9 Å². The normalized spacial score (nSPS) is 12.0. The van der Waals surface area contributed by atoms with E-state index < -0.39 is 8.80 Å². The van der Waals surface area contributed by atoms with Crippen LogP contribution in [0.1, 0.15) is 6.42 Å². The summed E-state index contributed by atoms with van der Waals surface area (Å²) in [6.45, 7) is 0.365. The Bertz CT molecular complexity index is 742. The van der Waals surface area contributed by atoms with Gasteiger partial charge in [-0.15, -0.1) is 0 Å². The van der Waals surface area contributed by atoms with E-state index in [1.807, 2.05) is 0 Å². The van der Waals surface area contributed by atoms with Crippen molar-refractivity contribution < 1.29 is 13.3 Å². The van der Waals surface area contributed by atoms with Crippen molar-refractivity contribution in [1.82, 2.24) is 9.78 Å². The number of aryl methyl sites for hydroxylation is 1. The topological polar surface area (TPSA) is 82.6 Å². The molecule has 2 rings (SSSR count). The Morgan fingerprint density at radius 3 is 2.23 bits per heavy atom. The van der Waals surface area contributed by atoms with Crippen molar-refractivity contribution in [1.29, 1.82) is 0 Å². The molecule has 120 valence electrons. The number of benzene rings is 1. The fourth-order valence-corrected chi connectivity index (χ4v) is 4.12. The van der Waals surface area contributed by atoms with Crippen molar-refractivity contribution in [3.63, 3.8) is 0 Å². The number of hydrogen-bond donors (Lipinski definition) is 1. The average molecular weight is 324 g/mol. The zero-order valence-electron chi connectivity index (χ0n) is 12.9. The molecule has 0 amide bonds. The lowest BCUT2D eigenvalue weighted by Gasteiger charge is -2.24. The highest BCUT2D eigenvalue weighted by atomic mass is 28.4. The Morgan fingerprint density at radius 1 is 1.05 bits per heavy atom. The van der Waals surface area contributed by atoms with E-state index in [1.165, 1.54) is 4.68 Å². The lowest BCUT2D eigenvalue weighted by Crippen LogP contribution is -2.43. The van der Waals surface area contributed by atoms with E-state index in [9.17, 15) is 9.59 Å². The Kier molecular flexibility index (Phi) is 5.30. The second-order valence-electron chi connectivity index (χ2n) is 4.84. The van der Waals surface area contributed by atoms with Crippen molar-refractivity contribution in [3.8, 4) is 0 Å². The van der Waals surface area contributed by atoms with E-state index in [-0.39, 0.29) is 11.1 Å². The first-order valence-corrected chi connectivity index (χ1v) is 8.87. The summed E-state index contributed by atoms with van der Waals surface area (Å²) in [5, 5.41) is 3.42. The molecule has 2 aromatic rings. The van der Waals surface area contributed by atoms with Crippen molar-refractivity contribution >= 4 is 19.6 Å². The van der Waals surface area contributed by atoms with Gasteiger partial charge in [-0.2, -0.15) is 0 Å². The van der Waals surface area contributed by atoms with Gasteiger partial charge in [0.25, 0.3) is 11.1 Å². The Hall–Kier alpha value is -1.74. The number of aromatic amines is 1. The van der Waals surface area contributed by atoms with Crippen LogP contribution in [0.3, 0.4) is 0 Å². The average Bonchev–Trinajstić information content (AvgIpc) is 2.56. The molecule has 8 heteroatoms. The lowest BCUT2D eigenvalue weighted by atomic mass is 10.2. The molecule has 0 aliphatic heterocycles. The predicted molar refractivity (Wildman–Crippen MR) is 85.0 cm³/mol. The third-order valence-electron chi connectivity index (χ3n) is 3.68. The van der Waals surface area contributed by atoms with Gasteiger partial charge >= 0.3 is 8.80 Å². The number of fused-ring (bicyclic) bond motifs is 1. The van der Waals surface area contributed by atoms with Gasteiger partial charge < -0.3 is 13.3 Å². The summed E-state index contributed by atoms with van der Waals surface area (Å²) in [6.07, 6.45) is 0.593. The maximum absolute atomic E-state index is 12.4. The Morgan fingerprint density at radius 2 is 1.64 bits per heavy atom. The minimum absolute atomic E-state index is 0.213. The van der Waals surface area contributed by atoms with Gasteiger partial charge in [-0.3, -0.25) is 14.7 Å². The molecule has 0 spiro atoms. The largest absolute Gasteiger partial charge is 0.500 e. The van der Waals surface area contributed by atoms with Crippen LogP contribution in [0, 0.1) is 0 Å². The summed E-state index contributed by atoms with van der Waals surface area (Å²) in [4.78, 5) is 24.4. The molecule has 0 saturated heterocycles. The summed E-state index contributed by atoms with van der Waals surface area (Å²) in [5.41, 5.74) is -0.487. The fourth-order valence-electron chi connectivity index (χ4n) is 2.41. The lowest BCUT2D eigenvalue weighted by molar-refractivity contribution is 0.122. The molecule has 22 heavy (non-hydrogen) atoms. The highest BCUT2D eigenvalue weighted by Crippen LogP contribution is 2.15. The molecular weight excluding hydrogens is 304 g/mol. The van der Waals surface area contributed by atoms with Crippen molar-refractivity contribution in [2.75, 3.05) is 21.3 Å². The number of H-pyrrole nitrogens is 1. The van der Waals surface area contributed by atoms with Crippen LogP contribution in [0.2, 0.25) is 6.04 Å². The minimum atomic E-state index is -2.66. The van der Waals surface area contributed by atoms with Gasteiger partial charge in [-0.25, -0.2) is 4.68 Å². The van der Waals surface area contributed by atoms with Gasteiger partial charge in [0.1, 0.15) is 0 Å². The standard InChI is InChI=1S/C14H20N2O5Si/c1-19-22(20-2,21-3)10-6-9-16-14(18)12-8-5-4-7-11(12)13(17)15-16/h4-5,7-8H,6,9-10H2,1-3H3,(H,15,17). The van der Waals surface area contributed by atoms with Gasteiger partial charge in [0.05, 0.1) is 10.8 Å². The van der Waals surface area contributed by atoms with Crippen LogP contribution in [0.25, 0.3) is 10.8 Å². The van der Waals surface area contributed by atoms with E-state index >= 15 is 0 Å². The summed E-state index contributed by atoms with van der Waals surface area (Å²) in [5.74, 6) is 0. The molecule has 0 saturated carbocycles. The van der Waals surface area contributed by atoms with Crippen molar-refractivity contribution in [2.45, 2.75) is 19.0 Å². The highest BCUT2D eigenvalue weighted by Gasteiger charge is 2.36. The zero-order valence-corrected chi connectivity index (χ0v) is 13.9. The molecule has 0 atom stereocenters. The monoisotopic (exact) mass is 324 g/mol. The molecular formula is C14H20N2O5Si. The van der Waals surface area contributed by atoms with Crippen LogP contribution < -0.4 is 11.1 Å². The SMILES string of the molecule is CO[Si](CCCn1[nH]c(=O)c2ccccc2c1=O)(OC)OC.